The molecule has 1 aromatic heterocycles. The van der Waals surface area contributed by atoms with Crippen LogP contribution in [0.15, 0.2) is 4.52 Å². The van der Waals surface area contributed by atoms with Gasteiger partial charge in [0.15, 0.2) is 5.82 Å². The van der Waals surface area contributed by atoms with Crippen LogP contribution in [0.5, 0.6) is 0 Å². The number of nitrogens with zero attached hydrogens (tertiary/aromatic N) is 2. The summed E-state index contributed by atoms with van der Waals surface area (Å²) in [5.41, 5.74) is 5.40. The van der Waals surface area contributed by atoms with Crippen molar-refractivity contribution in [2.75, 3.05) is 11.5 Å². The second kappa shape index (κ2) is 4.79. The van der Waals surface area contributed by atoms with E-state index in [9.17, 15) is 0 Å². The van der Waals surface area contributed by atoms with Crippen molar-refractivity contribution in [3.8, 4) is 0 Å². The number of thioether (sulfide) groups is 1. The van der Waals surface area contributed by atoms with Crippen molar-refractivity contribution in [2.24, 2.45) is 11.7 Å². The lowest BCUT2D eigenvalue weighted by molar-refractivity contribution is 0.368. The van der Waals surface area contributed by atoms with Crippen LogP contribution in [0.1, 0.15) is 24.6 Å². The van der Waals surface area contributed by atoms with Gasteiger partial charge in [-0.1, -0.05) is 5.16 Å². The third kappa shape index (κ3) is 2.48. The average molecular weight is 213 g/mol. The highest BCUT2D eigenvalue weighted by Gasteiger charge is 2.16. The molecule has 0 spiro atoms. The molecule has 1 saturated heterocycles. The van der Waals surface area contributed by atoms with Crippen LogP contribution in [0.2, 0.25) is 0 Å². The maximum Gasteiger partial charge on any atom is 0.240 e. The molecule has 0 aromatic carbocycles. The molecule has 78 valence electrons. The Hall–Kier alpha value is -0.550. The molecular weight excluding hydrogens is 198 g/mol. The Labute approximate surface area is 87.6 Å². The van der Waals surface area contributed by atoms with E-state index < -0.39 is 0 Å². The summed E-state index contributed by atoms with van der Waals surface area (Å²) in [6.45, 7) is 0.341. The minimum absolute atomic E-state index is 0.341. The summed E-state index contributed by atoms with van der Waals surface area (Å²) in [5, 5.41) is 3.91. The van der Waals surface area contributed by atoms with Crippen molar-refractivity contribution >= 4 is 11.8 Å². The first-order valence-electron chi connectivity index (χ1n) is 4.97. The van der Waals surface area contributed by atoms with Crippen molar-refractivity contribution in [1.82, 2.24) is 10.1 Å². The Morgan fingerprint density at radius 3 is 2.86 bits per heavy atom. The van der Waals surface area contributed by atoms with Crippen LogP contribution in [0.4, 0.5) is 0 Å². The van der Waals surface area contributed by atoms with Crippen molar-refractivity contribution in [2.45, 2.75) is 25.8 Å². The van der Waals surface area contributed by atoms with Gasteiger partial charge in [0.1, 0.15) is 0 Å². The largest absolute Gasteiger partial charge is 0.338 e. The Morgan fingerprint density at radius 2 is 2.21 bits per heavy atom. The maximum absolute atomic E-state index is 5.40. The third-order valence-electron chi connectivity index (χ3n) is 2.50. The van der Waals surface area contributed by atoms with Gasteiger partial charge in [0.2, 0.25) is 5.89 Å². The van der Waals surface area contributed by atoms with E-state index >= 15 is 0 Å². The molecule has 1 fully saturated rings. The Bertz CT molecular complexity index is 283. The van der Waals surface area contributed by atoms with Crippen LogP contribution in [0.25, 0.3) is 0 Å². The predicted molar refractivity (Wildman–Crippen MR) is 55.9 cm³/mol. The van der Waals surface area contributed by atoms with E-state index in [4.69, 9.17) is 10.3 Å². The first-order chi connectivity index (χ1) is 6.88. The summed E-state index contributed by atoms with van der Waals surface area (Å²) in [7, 11) is 0. The molecule has 0 aliphatic carbocycles. The van der Waals surface area contributed by atoms with Crippen LogP contribution in [0.3, 0.4) is 0 Å². The van der Waals surface area contributed by atoms with E-state index in [1.807, 2.05) is 11.8 Å². The molecule has 5 heteroatoms. The molecule has 0 amide bonds. The van der Waals surface area contributed by atoms with Crippen molar-refractivity contribution in [1.29, 1.82) is 0 Å². The van der Waals surface area contributed by atoms with E-state index in [1.165, 1.54) is 24.3 Å². The summed E-state index contributed by atoms with van der Waals surface area (Å²) in [6, 6.07) is 0. The van der Waals surface area contributed by atoms with Crippen molar-refractivity contribution in [3.63, 3.8) is 0 Å². The van der Waals surface area contributed by atoms with Crippen LogP contribution < -0.4 is 5.73 Å². The maximum atomic E-state index is 5.40. The summed E-state index contributed by atoms with van der Waals surface area (Å²) >= 11 is 2.03. The SMILES string of the molecule is NCc1nc(CC2CCSCC2)no1. The first kappa shape index (κ1) is 9.98. The highest BCUT2D eigenvalue weighted by Crippen LogP contribution is 2.24. The second-order valence-corrected chi connectivity index (χ2v) is 4.79. The lowest BCUT2D eigenvalue weighted by atomic mass is 9.99. The first-order valence-corrected chi connectivity index (χ1v) is 6.13. The number of hydrogen-bond acceptors (Lipinski definition) is 5. The molecule has 2 rings (SSSR count). The van der Waals surface area contributed by atoms with Crippen LogP contribution in [0, 0.1) is 5.92 Å². The van der Waals surface area contributed by atoms with E-state index in [1.54, 1.807) is 0 Å². The van der Waals surface area contributed by atoms with Gasteiger partial charge in [0.25, 0.3) is 0 Å². The molecule has 2 N–H and O–H groups in total. The Balaban J connectivity index is 1.89. The summed E-state index contributed by atoms with van der Waals surface area (Å²) in [5.74, 6) is 4.64. The van der Waals surface area contributed by atoms with Gasteiger partial charge in [-0.3, -0.25) is 0 Å². The zero-order chi connectivity index (χ0) is 9.80. The van der Waals surface area contributed by atoms with Crippen molar-refractivity contribution in [3.05, 3.63) is 11.7 Å². The number of hydrogen-bond donors (Lipinski definition) is 1. The number of rotatable bonds is 3. The summed E-state index contributed by atoms with van der Waals surface area (Å²) < 4.78 is 4.96. The van der Waals surface area contributed by atoms with E-state index in [0.29, 0.717) is 12.4 Å². The highest BCUT2D eigenvalue weighted by molar-refractivity contribution is 7.99. The number of aromatic nitrogens is 2. The molecule has 0 radical (unpaired) electrons. The summed E-state index contributed by atoms with van der Waals surface area (Å²) in [4.78, 5) is 4.21. The molecule has 0 unspecified atom stereocenters. The Kier molecular flexibility index (Phi) is 3.42. The van der Waals surface area contributed by atoms with Crippen LogP contribution in [-0.4, -0.2) is 21.6 Å². The van der Waals surface area contributed by atoms with Gasteiger partial charge in [-0.15, -0.1) is 0 Å². The van der Waals surface area contributed by atoms with Gasteiger partial charge in [-0.05, 0) is 30.3 Å². The quantitative estimate of drug-likeness (QED) is 0.817. The predicted octanol–water partition coefficient (Wildman–Crippen LogP) is 1.21. The molecule has 2 heterocycles. The molecule has 14 heavy (non-hydrogen) atoms. The Morgan fingerprint density at radius 1 is 1.43 bits per heavy atom. The van der Waals surface area contributed by atoms with Gasteiger partial charge in [0.05, 0.1) is 6.54 Å². The van der Waals surface area contributed by atoms with Gasteiger partial charge < -0.3 is 10.3 Å². The second-order valence-electron chi connectivity index (χ2n) is 3.57. The molecule has 1 aromatic rings. The van der Waals surface area contributed by atoms with E-state index in [0.717, 1.165) is 18.2 Å². The fraction of sp³-hybridized carbons (Fsp3) is 0.778. The zero-order valence-electron chi connectivity index (χ0n) is 8.11. The fourth-order valence-corrected chi connectivity index (χ4v) is 2.87. The minimum atomic E-state index is 0.341. The van der Waals surface area contributed by atoms with E-state index in [-0.39, 0.29) is 0 Å². The molecule has 1 aliphatic heterocycles. The van der Waals surface area contributed by atoms with Crippen LogP contribution in [-0.2, 0) is 13.0 Å². The zero-order valence-corrected chi connectivity index (χ0v) is 8.92. The van der Waals surface area contributed by atoms with Crippen molar-refractivity contribution < 1.29 is 4.52 Å². The standard InChI is InChI=1S/C9H15N3OS/c10-6-9-11-8(12-13-9)5-7-1-3-14-4-2-7/h7H,1-6,10H2. The average Bonchev–Trinajstić information content (AvgIpc) is 2.67. The van der Waals surface area contributed by atoms with Gasteiger partial charge in [0, 0.05) is 6.42 Å². The fourth-order valence-electron chi connectivity index (χ4n) is 1.66. The smallest absolute Gasteiger partial charge is 0.240 e. The highest BCUT2D eigenvalue weighted by atomic mass is 32.2. The van der Waals surface area contributed by atoms with E-state index in [2.05, 4.69) is 10.1 Å². The topological polar surface area (TPSA) is 64.9 Å². The lowest BCUT2D eigenvalue weighted by Crippen LogP contribution is -2.13. The number of nitrogens with two attached hydrogens (primary N) is 1. The normalized spacial score (nSPS) is 18.6. The monoisotopic (exact) mass is 213 g/mol. The molecular formula is C9H15N3OS. The van der Waals surface area contributed by atoms with Gasteiger partial charge in [-0.25, -0.2) is 0 Å². The van der Waals surface area contributed by atoms with Crippen LogP contribution >= 0.6 is 11.8 Å². The molecule has 1 aliphatic rings. The molecule has 0 saturated carbocycles. The lowest BCUT2D eigenvalue weighted by Gasteiger charge is -2.19. The molecule has 0 atom stereocenters. The summed E-state index contributed by atoms with van der Waals surface area (Å²) in [6.07, 6.45) is 3.50. The minimum Gasteiger partial charge on any atom is -0.338 e. The molecule has 0 bridgehead atoms. The third-order valence-corrected chi connectivity index (χ3v) is 3.55. The van der Waals surface area contributed by atoms with Gasteiger partial charge in [-0.2, -0.15) is 16.7 Å². The van der Waals surface area contributed by atoms with Gasteiger partial charge >= 0.3 is 0 Å². The molecule has 4 nitrogen and oxygen atoms in total.